The van der Waals surface area contributed by atoms with Gasteiger partial charge in [-0.2, -0.15) is 0 Å². The first-order chi connectivity index (χ1) is 9.81. The zero-order valence-electron chi connectivity index (χ0n) is 11.3. The van der Waals surface area contributed by atoms with Crippen molar-refractivity contribution in [1.29, 1.82) is 0 Å². The fourth-order valence-electron chi connectivity index (χ4n) is 3.38. The molecule has 1 atom stereocenters. The Morgan fingerprint density at radius 3 is 2.95 bits per heavy atom. The quantitative estimate of drug-likeness (QED) is 0.895. The fraction of sp³-hybridized carbons (Fsp3) is 0.353. The molecule has 2 aromatic rings. The summed E-state index contributed by atoms with van der Waals surface area (Å²) in [6, 6.07) is 10.7. The molecule has 20 heavy (non-hydrogen) atoms. The molecule has 0 fully saturated rings. The number of thiophene rings is 1. The highest BCUT2D eigenvalue weighted by Gasteiger charge is 2.25. The average Bonchev–Trinajstić information content (AvgIpc) is 3.12. The number of carbonyl (C=O) groups is 1. The number of nitrogens with one attached hydrogen (secondary N) is 1. The topological polar surface area (TPSA) is 29.1 Å². The van der Waals surface area contributed by atoms with Gasteiger partial charge in [0.25, 0.3) is 5.91 Å². The Morgan fingerprint density at radius 2 is 2.05 bits per heavy atom. The molecule has 1 aromatic heterocycles. The lowest BCUT2D eigenvalue weighted by atomic mass is 10.1. The predicted octanol–water partition coefficient (Wildman–Crippen LogP) is 3.65. The van der Waals surface area contributed by atoms with Gasteiger partial charge in [-0.15, -0.1) is 11.3 Å². The summed E-state index contributed by atoms with van der Waals surface area (Å²) in [5.41, 5.74) is 4.07. The zero-order chi connectivity index (χ0) is 13.5. The van der Waals surface area contributed by atoms with Gasteiger partial charge in [0.15, 0.2) is 0 Å². The Labute approximate surface area is 122 Å². The number of aryl methyl sites for hydroxylation is 3. The molecule has 1 heterocycles. The monoisotopic (exact) mass is 283 g/mol. The van der Waals surface area contributed by atoms with E-state index in [9.17, 15) is 4.79 Å². The number of amides is 1. The lowest BCUT2D eigenvalue weighted by Gasteiger charge is -2.13. The van der Waals surface area contributed by atoms with Gasteiger partial charge in [-0.1, -0.05) is 24.3 Å². The van der Waals surface area contributed by atoms with Gasteiger partial charge in [-0.25, -0.2) is 0 Å². The number of rotatable bonds is 2. The normalized spacial score (nSPS) is 19.7. The molecule has 4 rings (SSSR count). The molecule has 0 saturated carbocycles. The first-order valence-electron chi connectivity index (χ1n) is 7.31. The summed E-state index contributed by atoms with van der Waals surface area (Å²) >= 11 is 1.68. The van der Waals surface area contributed by atoms with Gasteiger partial charge in [0.05, 0.1) is 10.9 Å². The maximum absolute atomic E-state index is 12.4. The third-order valence-electron chi connectivity index (χ3n) is 4.41. The van der Waals surface area contributed by atoms with E-state index in [1.807, 2.05) is 0 Å². The molecule has 1 N–H and O–H groups in total. The highest BCUT2D eigenvalue weighted by atomic mass is 32.1. The summed E-state index contributed by atoms with van der Waals surface area (Å²) in [5.74, 6) is 0.103. The second kappa shape index (κ2) is 4.74. The van der Waals surface area contributed by atoms with Crippen molar-refractivity contribution in [2.45, 2.75) is 38.1 Å². The van der Waals surface area contributed by atoms with Crippen LogP contribution in [-0.4, -0.2) is 5.91 Å². The van der Waals surface area contributed by atoms with Crippen LogP contribution in [0.5, 0.6) is 0 Å². The summed E-state index contributed by atoms with van der Waals surface area (Å²) in [6.45, 7) is 0. The van der Waals surface area contributed by atoms with E-state index in [2.05, 4.69) is 35.6 Å². The van der Waals surface area contributed by atoms with Crippen LogP contribution < -0.4 is 5.32 Å². The van der Waals surface area contributed by atoms with Crippen LogP contribution in [-0.2, 0) is 19.3 Å². The van der Waals surface area contributed by atoms with E-state index in [4.69, 9.17) is 0 Å². The number of benzene rings is 1. The van der Waals surface area contributed by atoms with Crippen molar-refractivity contribution in [1.82, 2.24) is 5.32 Å². The molecule has 1 aromatic carbocycles. The van der Waals surface area contributed by atoms with E-state index in [1.54, 1.807) is 11.3 Å². The van der Waals surface area contributed by atoms with Crippen molar-refractivity contribution < 1.29 is 4.79 Å². The smallest absolute Gasteiger partial charge is 0.261 e. The molecule has 2 aliphatic rings. The van der Waals surface area contributed by atoms with E-state index < -0.39 is 0 Å². The second-order valence-corrected chi connectivity index (χ2v) is 6.81. The molecular formula is C17H17NOS. The van der Waals surface area contributed by atoms with Crippen molar-refractivity contribution in [3.8, 4) is 0 Å². The molecule has 0 radical (unpaired) electrons. The average molecular weight is 283 g/mol. The van der Waals surface area contributed by atoms with E-state index in [1.165, 1.54) is 28.0 Å². The van der Waals surface area contributed by atoms with Crippen LogP contribution in [0.2, 0.25) is 0 Å². The summed E-state index contributed by atoms with van der Waals surface area (Å²) in [4.78, 5) is 14.7. The van der Waals surface area contributed by atoms with Gasteiger partial charge >= 0.3 is 0 Å². The molecule has 2 nitrogen and oxygen atoms in total. The first kappa shape index (κ1) is 12.2. The van der Waals surface area contributed by atoms with Gasteiger partial charge in [0.2, 0.25) is 0 Å². The Hall–Kier alpha value is -1.61. The van der Waals surface area contributed by atoms with E-state index in [0.717, 1.165) is 30.6 Å². The van der Waals surface area contributed by atoms with Crippen molar-refractivity contribution in [3.63, 3.8) is 0 Å². The van der Waals surface area contributed by atoms with Crippen molar-refractivity contribution >= 4 is 17.2 Å². The zero-order valence-corrected chi connectivity index (χ0v) is 12.1. The molecule has 1 amide bonds. The summed E-state index contributed by atoms with van der Waals surface area (Å²) in [6.07, 6.45) is 5.64. The predicted molar refractivity (Wildman–Crippen MR) is 81.3 cm³/mol. The molecule has 0 bridgehead atoms. The highest BCUT2D eigenvalue weighted by molar-refractivity contribution is 7.14. The highest BCUT2D eigenvalue weighted by Crippen LogP contribution is 2.33. The lowest BCUT2D eigenvalue weighted by Crippen LogP contribution is -2.26. The SMILES string of the molecule is O=C(NC1CCc2ccccc21)c1cc2c(s1)CCC2. The summed E-state index contributed by atoms with van der Waals surface area (Å²) in [5, 5.41) is 3.21. The molecular weight excluding hydrogens is 266 g/mol. The van der Waals surface area contributed by atoms with Crippen LogP contribution in [0.4, 0.5) is 0 Å². The molecule has 0 spiro atoms. The van der Waals surface area contributed by atoms with E-state index in [0.29, 0.717) is 0 Å². The van der Waals surface area contributed by atoms with Gasteiger partial charge in [0.1, 0.15) is 0 Å². The molecule has 102 valence electrons. The molecule has 3 heteroatoms. The number of hydrogen-bond donors (Lipinski definition) is 1. The van der Waals surface area contributed by atoms with Crippen molar-refractivity contribution in [3.05, 3.63) is 56.8 Å². The number of fused-ring (bicyclic) bond motifs is 2. The van der Waals surface area contributed by atoms with Crippen molar-refractivity contribution in [2.24, 2.45) is 0 Å². The second-order valence-electron chi connectivity index (χ2n) is 5.68. The van der Waals surface area contributed by atoms with Crippen LogP contribution in [0.3, 0.4) is 0 Å². The molecule has 1 unspecified atom stereocenters. The Bertz CT molecular complexity index is 652. The van der Waals surface area contributed by atoms with Gasteiger partial charge in [-0.05, 0) is 54.9 Å². The molecule has 0 aliphatic heterocycles. The summed E-state index contributed by atoms with van der Waals surface area (Å²) < 4.78 is 0. The molecule has 2 aliphatic carbocycles. The van der Waals surface area contributed by atoms with Gasteiger partial charge in [0, 0.05) is 4.88 Å². The summed E-state index contributed by atoms with van der Waals surface area (Å²) in [7, 11) is 0. The van der Waals surface area contributed by atoms with E-state index in [-0.39, 0.29) is 11.9 Å². The van der Waals surface area contributed by atoms with Crippen LogP contribution in [0.15, 0.2) is 30.3 Å². The van der Waals surface area contributed by atoms with Crippen LogP contribution >= 0.6 is 11.3 Å². The van der Waals surface area contributed by atoms with Crippen LogP contribution in [0.25, 0.3) is 0 Å². The third kappa shape index (κ3) is 1.97. The Morgan fingerprint density at radius 1 is 1.15 bits per heavy atom. The third-order valence-corrected chi connectivity index (χ3v) is 5.64. The minimum atomic E-state index is 0.103. The van der Waals surface area contributed by atoms with Gasteiger partial charge < -0.3 is 5.32 Å². The maximum atomic E-state index is 12.4. The maximum Gasteiger partial charge on any atom is 0.261 e. The minimum absolute atomic E-state index is 0.103. The van der Waals surface area contributed by atoms with Crippen LogP contribution in [0, 0.1) is 0 Å². The Balaban J connectivity index is 1.53. The standard InChI is InChI=1S/C17H17NOS/c19-17(16-10-12-5-3-7-15(12)20-16)18-14-9-8-11-4-1-2-6-13(11)14/h1-2,4,6,10,14H,3,5,7-9H2,(H,18,19). The minimum Gasteiger partial charge on any atom is -0.345 e. The fourth-order valence-corrected chi connectivity index (χ4v) is 4.53. The lowest BCUT2D eigenvalue weighted by molar-refractivity contribution is 0.0941. The van der Waals surface area contributed by atoms with Crippen molar-refractivity contribution in [2.75, 3.05) is 0 Å². The van der Waals surface area contributed by atoms with Gasteiger partial charge in [-0.3, -0.25) is 4.79 Å². The largest absolute Gasteiger partial charge is 0.345 e. The number of carbonyl (C=O) groups excluding carboxylic acids is 1. The van der Waals surface area contributed by atoms with Crippen LogP contribution in [0.1, 0.15) is 50.1 Å². The first-order valence-corrected chi connectivity index (χ1v) is 8.13. The van der Waals surface area contributed by atoms with E-state index >= 15 is 0 Å². The Kier molecular flexibility index (Phi) is 2.88. The number of hydrogen-bond acceptors (Lipinski definition) is 2. The molecule has 0 saturated heterocycles.